The van der Waals surface area contributed by atoms with Crippen LogP contribution in [0.3, 0.4) is 0 Å². The maximum Gasteiger partial charge on any atom is 0.231 e. The normalized spacial score (nSPS) is 13.0. The number of fused-ring (bicyclic) bond motifs is 1. The molecule has 0 saturated heterocycles. The smallest absolute Gasteiger partial charge is 0.231 e. The third-order valence-corrected chi connectivity index (χ3v) is 3.44. The van der Waals surface area contributed by atoms with Gasteiger partial charge >= 0.3 is 0 Å². The van der Waals surface area contributed by atoms with Crippen LogP contribution < -0.4 is 9.47 Å². The first kappa shape index (κ1) is 13.9. The highest BCUT2D eigenvalue weighted by atomic mass is 16.7. The molecule has 0 amide bonds. The summed E-state index contributed by atoms with van der Waals surface area (Å²) in [6.07, 6.45) is 2.16. The van der Waals surface area contributed by atoms with Crippen LogP contribution in [-0.4, -0.2) is 25.8 Å². The Bertz CT molecular complexity index is 438. The highest BCUT2D eigenvalue weighted by Crippen LogP contribution is 2.32. The number of hydrogen-bond acceptors (Lipinski definition) is 4. The predicted octanol–water partition coefficient (Wildman–Crippen LogP) is 3.05. The molecule has 0 atom stereocenters. The summed E-state index contributed by atoms with van der Waals surface area (Å²) >= 11 is 0. The van der Waals surface area contributed by atoms with Crippen LogP contribution in [0.5, 0.6) is 11.5 Å². The van der Waals surface area contributed by atoms with E-state index in [2.05, 4.69) is 13.8 Å². The number of ether oxygens (including phenoxy) is 3. The lowest BCUT2D eigenvalue weighted by Crippen LogP contribution is -2.14. The quantitative estimate of drug-likeness (QED) is 0.710. The maximum atomic E-state index is 12.0. The molecule has 0 aliphatic carbocycles. The number of ketones is 1. The molecule has 2 rings (SSSR count). The van der Waals surface area contributed by atoms with Crippen molar-refractivity contribution in [3.8, 4) is 11.5 Å². The zero-order valence-electron chi connectivity index (χ0n) is 11.5. The van der Waals surface area contributed by atoms with E-state index in [9.17, 15) is 4.79 Å². The number of hydrogen-bond donors (Lipinski definition) is 0. The Morgan fingerprint density at radius 2 is 2.00 bits per heavy atom. The molecule has 104 valence electrons. The Morgan fingerprint density at radius 1 is 1.26 bits per heavy atom. The van der Waals surface area contributed by atoms with E-state index in [-0.39, 0.29) is 19.2 Å². The van der Waals surface area contributed by atoms with Gasteiger partial charge in [0.05, 0.1) is 0 Å². The van der Waals surface area contributed by atoms with E-state index < -0.39 is 0 Å². The average molecular weight is 264 g/mol. The number of rotatable bonds is 7. The summed E-state index contributed by atoms with van der Waals surface area (Å²) in [6.45, 7) is 5.26. The topological polar surface area (TPSA) is 44.8 Å². The molecule has 0 radical (unpaired) electrons. The minimum Gasteiger partial charge on any atom is -0.454 e. The van der Waals surface area contributed by atoms with Crippen LogP contribution in [0.1, 0.15) is 37.0 Å². The Hall–Kier alpha value is -1.55. The highest BCUT2D eigenvalue weighted by molar-refractivity contribution is 5.97. The van der Waals surface area contributed by atoms with Crippen molar-refractivity contribution >= 4 is 5.78 Å². The van der Waals surface area contributed by atoms with E-state index in [4.69, 9.17) is 14.2 Å². The van der Waals surface area contributed by atoms with E-state index in [0.29, 0.717) is 29.6 Å². The second kappa shape index (κ2) is 6.57. The first-order valence-electron chi connectivity index (χ1n) is 6.75. The first-order valence-corrected chi connectivity index (χ1v) is 6.75. The summed E-state index contributed by atoms with van der Waals surface area (Å²) in [4.78, 5) is 12.0. The van der Waals surface area contributed by atoms with Crippen molar-refractivity contribution in [2.75, 3.05) is 20.0 Å². The van der Waals surface area contributed by atoms with E-state index in [1.807, 2.05) is 0 Å². The maximum absolute atomic E-state index is 12.0. The van der Waals surface area contributed by atoms with Crippen molar-refractivity contribution in [2.24, 2.45) is 5.92 Å². The molecular formula is C15H20O4. The summed E-state index contributed by atoms with van der Waals surface area (Å²) in [5.74, 6) is 1.83. The molecule has 1 aliphatic rings. The second-order valence-corrected chi connectivity index (χ2v) is 4.69. The van der Waals surface area contributed by atoms with Crippen LogP contribution in [0.25, 0.3) is 0 Å². The van der Waals surface area contributed by atoms with Gasteiger partial charge in [-0.1, -0.05) is 26.7 Å². The third kappa shape index (κ3) is 3.47. The lowest BCUT2D eigenvalue weighted by Gasteiger charge is -2.12. The van der Waals surface area contributed by atoms with Gasteiger partial charge in [0, 0.05) is 12.2 Å². The van der Waals surface area contributed by atoms with Crippen molar-refractivity contribution in [2.45, 2.75) is 26.7 Å². The molecule has 0 saturated carbocycles. The van der Waals surface area contributed by atoms with Crippen molar-refractivity contribution in [3.05, 3.63) is 23.8 Å². The molecule has 1 heterocycles. The van der Waals surface area contributed by atoms with Gasteiger partial charge in [0.15, 0.2) is 17.3 Å². The first-order chi connectivity index (χ1) is 9.24. The van der Waals surface area contributed by atoms with Crippen LogP contribution in [0, 0.1) is 5.92 Å². The summed E-state index contributed by atoms with van der Waals surface area (Å²) in [7, 11) is 0. The number of carbonyl (C=O) groups is 1. The Labute approximate surface area is 113 Å². The van der Waals surface area contributed by atoms with Gasteiger partial charge in [0.25, 0.3) is 0 Å². The molecule has 0 fully saturated rings. The molecule has 0 unspecified atom stereocenters. The number of carbonyl (C=O) groups excluding carboxylic acids is 1. The molecule has 4 heteroatoms. The van der Waals surface area contributed by atoms with Gasteiger partial charge in [-0.25, -0.2) is 0 Å². The van der Waals surface area contributed by atoms with Gasteiger partial charge in [-0.2, -0.15) is 0 Å². The Kier molecular flexibility index (Phi) is 4.80. The van der Waals surface area contributed by atoms with Crippen molar-refractivity contribution < 1.29 is 19.0 Å². The lowest BCUT2D eigenvalue weighted by atomic mass is 10.1. The number of Topliss-reactive ketones (excluding diaryl/α,β-unsaturated/α-hetero) is 1. The fraction of sp³-hybridized carbons (Fsp3) is 0.533. The molecule has 0 aromatic heterocycles. The Balaban J connectivity index is 1.86. The highest BCUT2D eigenvalue weighted by Gasteiger charge is 2.16. The predicted molar refractivity (Wildman–Crippen MR) is 71.8 cm³/mol. The minimum atomic E-state index is -0.0238. The fourth-order valence-corrected chi connectivity index (χ4v) is 2.00. The molecule has 0 spiro atoms. The molecule has 0 bridgehead atoms. The summed E-state index contributed by atoms with van der Waals surface area (Å²) < 4.78 is 16.0. The van der Waals surface area contributed by atoms with Crippen LogP contribution in [0.15, 0.2) is 18.2 Å². The van der Waals surface area contributed by atoms with Gasteiger partial charge < -0.3 is 14.2 Å². The van der Waals surface area contributed by atoms with E-state index in [1.54, 1.807) is 18.2 Å². The van der Waals surface area contributed by atoms with Gasteiger partial charge in [-0.3, -0.25) is 4.79 Å². The fourth-order valence-electron chi connectivity index (χ4n) is 2.00. The lowest BCUT2D eigenvalue weighted by molar-refractivity contribution is 0.0666. The second-order valence-electron chi connectivity index (χ2n) is 4.69. The zero-order chi connectivity index (χ0) is 13.7. The van der Waals surface area contributed by atoms with Crippen molar-refractivity contribution in [1.29, 1.82) is 0 Å². The van der Waals surface area contributed by atoms with Gasteiger partial charge in [-0.15, -0.1) is 0 Å². The molecule has 1 aromatic carbocycles. The third-order valence-electron chi connectivity index (χ3n) is 3.44. The summed E-state index contributed by atoms with van der Waals surface area (Å²) in [5.41, 5.74) is 0.605. The largest absolute Gasteiger partial charge is 0.454 e. The SMILES string of the molecule is CCC(CC)COCC(=O)c1ccc2c(c1)OCO2. The van der Waals surface area contributed by atoms with Crippen LogP contribution in [-0.2, 0) is 4.74 Å². The zero-order valence-corrected chi connectivity index (χ0v) is 11.5. The van der Waals surface area contributed by atoms with E-state index >= 15 is 0 Å². The van der Waals surface area contributed by atoms with Gasteiger partial charge in [-0.05, 0) is 24.1 Å². The molecule has 1 aliphatic heterocycles. The number of benzene rings is 1. The average Bonchev–Trinajstić information content (AvgIpc) is 2.90. The monoisotopic (exact) mass is 264 g/mol. The van der Waals surface area contributed by atoms with Crippen LogP contribution in [0.2, 0.25) is 0 Å². The molecule has 4 nitrogen and oxygen atoms in total. The van der Waals surface area contributed by atoms with Crippen molar-refractivity contribution in [3.63, 3.8) is 0 Å². The van der Waals surface area contributed by atoms with E-state index in [0.717, 1.165) is 12.8 Å². The molecule has 1 aromatic rings. The van der Waals surface area contributed by atoms with Crippen molar-refractivity contribution in [1.82, 2.24) is 0 Å². The summed E-state index contributed by atoms with van der Waals surface area (Å²) in [6, 6.07) is 5.22. The standard InChI is InChI=1S/C15H20O4/c1-3-11(4-2)8-17-9-13(16)12-5-6-14-15(7-12)19-10-18-14/h5-7,11H,3-4,8-10H2,1-2H3. The van der Waals surface area contributed by atoms with Crippen LogP contribution >= 0.6 is 0 Å². The molecule has 0 N–H and O–H groups in total. The van der Waals surface area contributed by atoms with Gasteiger partial charge in [0.2, 0.25) is 6.79 Å². The minimum absolute atomic E-state index is 0.0238. The van der Waals surface area contributed by atoms with Crippen LogP contribution in [0.4, 0.5) is 0 Å². The Morgan fingerprint density at radius 3 is 2.74 bits per heavy atom. The van der Waals surface area contributed by atoms with E-state index in [1.165, 1.54) is 0 Å². The van der Waals surface area contributed by atoms with Gasteiger partial charge in [0.1, 0.15) is 6.61 Å². The molecule has 19 heavy (non-hydrogen) atoms. The molecular weight excluding hydrogens is 244 g/mol. The summed E-state index contributed by atoms with van der Waals surface area (Å²) in [5, 5.41) is 0.